The lowest BCUT2D eigenvalue weighted by Gasteiger charge is -2.28. The van der Waals surface area contributed by atoms with Crippen LogP contribution in [0.15, 0.2) is 243 Å². The summed E-state index contributed by atoms with van der Waals surface area (Å²) in [6.45, 7) is 0. The zero-order chi connectivity index (χ0) is 39.8. The van der Waals surface area contributed by atoms with E-state index in [1.54, 1.807) is 0 Å². The first kappa shape index (κ1) is 35.2. The summed E-state index contributed by atoms with van der Waals surface area (Å²) in [7, 11) is 0. The Labute approximate surface area is 350 Å². The Balaban J connectivity index is 1.10. The van der Waals surface area contributed by atoms with E-state index < -0.39 is 0 Å². The number of hydrogen-bond acceptors (Lipinski definition) is 1. The van der Waals surface area contributed by atoms with Crippen LogP contribution in [0.5, 0.6) is 0 Å². The molecule has 11 aromatic rings. The van der Waals surface area contributed by atoms with E-state index in [-0.39, 0.29) is 0 Å². The van der Waals surface area contributed by atoms with Gasteiger partial charge in [-0.3, -0.25) is 0 Å². The molecule has 0 aliphatic carbocycles. The fourth-order valence-corrected chi connectivity index (χ4v) is 8.99. The molecular formula is C58H40N2. The lowest BCUT2D eigenvalue weighted by Crippen LogP contribution is -2.11. The molecule has 0 radical (unpaired) electrons. The molecule has 0 aliphatic heterocycles. The van der Waals surface area contributed by atoms with Crippen molar-refractivity contribution in [3.63, 3.8) is 0 Å². The van der Waals surface area contributed by atoms with Crippen LogP contribution < -0.4 is 4.90 Å². The number of anilines is 3. The molecule has 282 valence electrons. The summed E-state index contributed by atoms with van der Waals surface area (Å²) in [5.74, 6) is 0. The van der Waals surface area contributed by atoms with Crippen LogP contribution in [-0.4, -0.2) is 4.57 Å². The minimum Gasteiger partial charge on any atom is -0.310 e. The Morgan fingerprint density at radius 1 is 0.317 bits per heavy atom. The van der Waals surface area contributed by atoms with Crippen molar-refractivity contribution in [2.24, 2.45) is 0 Å². The summed E-state index contributed by atoms with van der Waals surface area (Å²) in [6.07, 6.45) is 0. The third-order valence-corrected chi connectivity index (χ3v) is 11.8. The van der Waals surface area contributed by atoms with Gasteiger partial charge in [-0.25, -0.2) is 0 Å². The van der Waals surface area contributed by atoms with Gasteiger partial charge in [0.15, 0.2) is 0 Å². The monoisotopic (exact) mass is 764 g/mol. The van der Waals surface area contributed by atoms with Gasteiger partial charge >= 0.3 is 0 Å². The molecule has 0 aliphatic rings. The van der Waals surface area contributed by atoms with Crippen molar-refractivity contribution in [2.45, 2.75) is 0 Å². The summed E-state index contributed by atoms with van der Waals surface area (Å²) in [5.41, 5.74) is 16.3. The van der Waals surface area contributed by atoms with Gasteiger partial charge in [0, 0.05) is 39.0 Å². The predicted molar refractivity (Wildman–Crippen MR) is 255 cm³/mol. The molecule has 60 heavy (non-hydrogen) atoms. The maximum absolute atomic E-state index is 2.44. The molecule has 0 saturated heterocycles. The number of nitrogens with zero attached hydrogens (tertiary/aromatic N) is 2. The van der Waals surface area contributed by atoms with Crippen LogP contribution in [0.1, 0.15) is 0 Å². The smallest absolute Gasteiger partial charge is 0.0619 e. The minimum absolute atomic E-state index is 1.09. The third-order valence-electron chi connectivity index (χ3n) is 11.8. The van der Waals surface area contributed by atoms with E-state index in [4.69, 9.17) is 0 Å². The van der Waals surface area contributed by atoms with Gasteiger partial charge in [0.1, 0.15) is 0 Å². The van der Waals surface area contributed by atoms with E-state index in [0.717, 1.165) is 28.3 Å². The second kappa shape index (κ2) is 15.1. The van der Waals surface area contributed by atoms with Crippen molar-refractivity contribution in [1.29, 1.82) is 0 Å². The first-order valence-electron chi connectivity index (χ1n) is 20.6. The Kier molecular flexibility index (Phi) is 8.87. The summed E-state index contributed by atoms with van der Waals surface area (Å²) in [5, 5.41) is 4.96. The molecule has 0 atom stereocenters. The first-order valence-corrected chi connectivity index (χ1v) is 20.6. The summed E-state index contributed by atoms with van der Waals surface area (Å²) in [4.78, 5) is 2.41. The highest BCUT2D eigenvalue weighted by molar-refractivity contribution is 6.19. The number of aromatic nitrogens is 1. The van der Waals surface area contributed by atoms with E-state index in [9.17, 15) is 0 Å². The van der Waals surface area contributed by atoms with Crippen LogP contribution in [0.2, 0.25) is 0 Å². The van der Waals surface area contributed by atoms with E-state index >= 15 is 0 Å². The van der Waals surface area contributed by atoms with Crippen molar-refractivity contribution in [3.8, 4) is 50.2 Å². The fraction of sp³-hybridized carbons (Fsp3) is 0. The van der Waals surface area contributed by atoms with Crippen LogP contribution in [0, 0.1) is 0 Å². The van der Waals surface area contributed by atoms with Crippen molar-refractivity contribution in [2.75, 3.05) is 4.90 Å². The molecule has 2 heteroatoms. The lowest BCUT2D eigenvalue weighted by molar-refractivity contribution is 1.18. The van der Waals surface area contributed by atoms with Gasteiger partial charge in [-0.05, 0) is 98.8 Å². The van der Waals surface area contributed by atoms with E-state index in [0.29, 0.717) is 0 Å². The van der Waals surface area contributed by atoms with Gasteiger partial charge < -0.3 is 9.47 Å². The topological polar surface area (TPSA) is 8.17 Å². The number of fused-ring (bicyclic) bond motifs is 4. The highest BCUT2D eigenvalue weighted by atomic mass is 15.1. The number of rotatable bonds is 8. The summed E-state index contributed by atoms with van der Waals surface area (Å²) >= 11 is 0. The quantitative estimate of drug-likeness (QED) is 0.150. The average molecular weight is 765 g/mol. The third kappa shape index (κ3) is 6.23. The Morgan fingerprint density at radius 3 is 1.68 bits per heavy atom. The van der Waals surface area contributed by atoms with Crippen molar-refractivity contribution in [3.05, 3.63) is 243 Å². The van der Waals surface area contributed by atoms with Crippen molar-refractivity contribution < 1.29 is 0 Å². The zero-order valence-corrected chi connectivity index (χ0v) is 33.0. The van der Waals surface area contributed by atoms with Gasteiger partial charge in [-0.1, -0.05) is 188 Å². The van der Waals surface area contributed by atoms with Crippen LogP contribution in [0.25, 0.3) is 82.8 Å². The summed E-state index contributed by atoms with van der Waals surface area (Å²) < 4.78 is 2.44. The van der Waals surface area contributed by atoms with Crippen LogP contribution in [-0.2, 0) is 0 Å². The van der Waals surface area contributed by atoms with Crippen molar-refractivity contribution >= 4 is 49.6 Å². The molecule has 0 spiro atoms. The molecule has 0 fully saturated rings. The Bertz CT molecular complexity index is 3290. The minimum atomic E-state index is 1.09. The van der Waals surface area contributed by atoms with Gasteiger partial charge in [0.25, 0.3) is 0 Å². The first-order chi connectivity index (χ1) is 29.8. The maximum atomic E-state index is 2.44. The Morgan fingerprint density at radius 2 is 0.900 bits per heavy atom. The zero-order valence-electron chi connectivity index (χ0n) is 33.0. The van der Waals surface area contributed by atoms with Crippen LogP contribution in [0.4, 0.5) is 17.1 Å². The molecule has 2 nitrogen and oxygen atoms in total. The van der Waals surface area contributed by atoms with E-state index in [1.807, 2.05) is 0 Å². The number of hydrogen-bond donors (Lipinski definition) is 0. The van der Waals surface area contributed by atoms with E-state index in [2.05, 4.69) is 252 Å². The molecule has 1 heterocycles. The molecule has 0 amide bonds. The lowest BCUT2D eigenvalue weighted by atomic mass is 9.96. The molecule has 0 N–H and O–H groups in total. The van der Waals surface area contributed by atoms with Crippen LogP contribution in [0.3, 0.4) is 0 Å². The fourth-order valence-electron chi connectivity index (χ4n) is 8.99. The molecule has 0 unspecified atom stereocenters. The van der Waals surface area contributed by atoms with Gasteiger partial charge in [-0.15, -0.1) is 0 Å². The van der Waals surface area contributed by atoms with E-state index in [1.165, 1.54) is 71.5 Å². The molecule has 1 aromatic heterocycles. The summed E-state index contributed by atoms with van der Waals surface area (Å²) in [6, 6.07) is 87.9. The number of benzene rings is 10. The van der Waals surface area contributed by atoms with Crippen molar-refractivity contribution in [1.82, 2.24) is 4.57 Å². The predicted octanol–water partition coefficient (Wildman–Crippen LogP) is 16.1. The van der Waals surface area contributed by atoms with Gasteiger partial charge in [0.05, 0.1) is 16.7 Å². The molecule has 0 bridgehead atoms. The maximum Gasteiger partial charge on any atom is 0.0619 e. The van der Waals surface area contributed by atoms with Gasteiger partial charge in [-0.2, -0.15) is 0 Å². The highest BCUT2D eigenvalue weighted by Gasteiger charge is 2.21. The second-order valence-electron chi connectivity index (χ2n) is 15.3. The molecule has 10 aromatic carbocycles. The standard InChI is InChI=1S/C58H40N2/c1-4-18-43(19-5-1)51-27-12-13-31-55(51)59(49-37-35-42(36-38-49)46-34-33-41-17-10-11-22-45(41)39-46)50-26-14-23-47(40-50)52-28-16-32-56-57(52)54-30-15-29-53(44-20-6-2-7-21-44)58(54)60(56)48-24-8-3-9-25-48/h1-40H. The SMILES string of the molecule is c1ccc(-c2ccccc2N(c2ccc(-c3ccc4ccccc4c3)cc2)c2cccc(-c3cccc4c3c3cccc(-c5ccccc5)c3n4-c3ccccc3)c2)cc1. The largest absolute Gasteiger partial charge is 0.310 e. The molecular weight excluding hydrogens is 725 g/mol. The highest BCUT2D eigenvalue weighted by Crippen LogP contribution is 2.45. The van der Waals surface area contributed by atoms with Crippen LogP contribution >= 0.6 is 0 Å². The van der Waals surface area contributed by atoms with Gasteiger partial charge in [0.2, 0.25) is 0 Å². The second-order valence-corrected chi connectivity index (χ2v) is 15.3. The number of para-hydroxylation sites is 3. The molecule has 11 rings (SSSR count). The average Bonchev–Trinajstić information content (AvgIpc) is 3.68. The molecule has 0 saturated carbocycles. The Hall–Kier alpha value is -7.94. The normalized spacial score (nSPS) is 11.3.